The molecular formula is C25H23NO3S. The fourth-order valence-corrected chi connectivity index (χ4v) is 4.89. The number of hydrogen-bond donors (Lipinski definition) is 1. The number of aliphatic hydroxyl groups is 1. The maximum Gasteiger partial charge on any atom is 0.259 e. The molecule has 0 aliphatic heterocycles. The lowest BCUT2D eigenvalue weighted by molar-refractivity contribution is 0.151. The third-order valence-electron chi connectivity index (χ3n) is 5.93. The smallest absolute Gasteiger partial charge is 0.259 e. The van der Waals surface area contributed by atoms with Crippen molar-refractivity contribution in [2.45, 2.75) is 32.3 Å². The number of benzene rings is 2. The molecule has 0 bridgehead atoms. The van der Waals surface area contributed by atoms with E-state index in [9.17, 15) is 9.90 Å². The Kier molecular flexibility index (Phi) is 4.34. The molecule has 1 aliphatic rings. The summed E-state index contributed by atoms with van der Waals surface area (Å²) in [5.41, 5.74) is 4.09. The van der Waals surface area contributed by atoms with E-state index in [1.165, 1.54) is 0 Å². The highest BCUT2D eigenvalue weighted by Crippen LogP contribution is 2.48. The number of aromatic nitrogens is 1. The van der Waals surface area contributed by atoms with Crippen molar-refractivity contribution in [1.29, 1.82) is 0 Å². The highest BCUT2D eigenvalue weighted by molar-refractivity contribution is 7.17. The van der Waals surface area contributed by atoms with Crippen molar-refractivity contribution in [2.75, 3.05) is 0 Å². The zero-order valence-electron chi connectivity index (χ0n) is 17.2. The van der Waals surface area contributed by atoms with E-state index in [1.807, 2.05) is 67.9 Å². The average Bonchev–Trinajstić information content (AvgIpc) is 3.28. The number of thiophene rings is 1. The standard InChI is InChI=1S/C25H23NO3S/c1-15-5-4-6-16(2)22(15)29-21-8-7-17(25(28)10-11-25)13-19(21)20-14-26(3)24(27)18-9-12-30-23(18)20/h4-9,12-14,28H,10-11H2,1-3H3. The van der Waals surface area contributed by atoms with Gasteiger partial charge in [-0.05, 0) is 67.0 Å². The molecular weight excluding hydrogens is 394 g/mol. The molecule has 5 rings (SSSR count). The van der Waals surface area contributed by atoms with Gasteiger partial charge in [-0.2, -0.15) is 0 Å². The summed E-state index contributed by atoms with van der Waals surface area (Å²) < 4.78 is 9.00. The fourth-order valence-electron chi connectivity index (χ4n) is 3.98. The number of fused-ring (bicyclic) bond motifs is 1. The highest BCUT2D eigenvalue weighted by atomic mass is 32.1. The summed E-state index contributed by atoms with van der Waals surface area (Å²) in [7, 11) is 1.77. The van der Waals surface area contributed by atoms with E-state index in [0.717, 1.165) is 51.1 Å². The van der Waals surface area contributed by atoms with Crippen LogP contribution in [0, 0.1) is 13.8 Å². The van der Waals surface area contributed by atoms with Gasteiger partial charge in [0, 0.05) is 29.1 Å². The van der Waals surface area contributed by atoms with Crippen molar-refractivity contribution < 1.29 is 9.84 Å². The molecule has 1 N–H and O–H groups in total. The van der Waals surface area contributed by atoms with Crippen molar-refractivity contribution in [3.8, 4) is 22.6 Å². The SMILES string of the molecule is Cc1cccc(C)c1Oc1ccc(C2(O)CC2)cc1-c1cn(C)c(=O)c2ccsc12. The van der Waals surface area contributed by atoms with Crippen molar-refractivity contribution >= 4 is 21.4 Å². The van der Waals surface area contributed by atoms with E-state index in [-0.39, 0.29) is 5.56 Å². The summed E-state index contributed by atoms with van der Waals surface area (Å²) in [6.07, 6.45) is 3.41. The molecule has 0 unspecified atom stereocenters. The summed E-state index contributed by atoms with van der Waals surface area (Å²) in [5, 5.41) is 13.4. The van der Waals surface area contributed by atoms with Crippen LogP contribution in [0.4, 0.5) is 0 Å². The third kappa shape index (κ3) is 3.06. The Labute approximate surface area is 179 Å². The van der Waals surface area contributed by atoms with E-state index in [0.29, 0.717) is 11.1 Å². The number of para-hydroxylation sites is 1. The fraction of sp³-hybridized carbons (Fsp3) is 0.240. The van der Waals surface area contributed by atoms with Gasteiger partial charge in [-0.1, -0.05) is 24.3 Å². The normalized spacial score (nSPS) is 14.8. The monoisotopic (exact) mass is 417 g/mol. The Balaban J connectivity index is 1.75. The topological polar surface area (TPSA) is 51.5 Å². The van der Waals surface area contributed by atoms with Crippen molar-refractivity contribution in [3.05, 3.63) is 81.1 Å². The summed E-state index contributed by atoms with van der Waals surface area (Å²) in [6.45, 7) is 4.07. The number of ether oxygens (including phenoxy) is 1. The molecule has 0 saturated heterocycles. The van der Waals surface area contributed by atoms with Crippen LogP contribution in [0.2, 0.25) is 0 Å². The van der Waals surface area contributed by atoms with Gasteiger partial charge in [0.05, 0.1) is 11.0 Å². The van der Waals surface area contributed by atoms with Crippen molar-refractivity contribution in [2.24, 2.45) is 7.05 Å². The Morgan fingerprint density at radius 3 is 2.50 bits per heavy atom. The van der Waals surface area contributed by atoms with Gasteiger partial charge in [0.1, 0.15) is 11.5 Å². The minimum absolute atomic E-state index is 0.0100. The van der Waals surface area contributed by atoms with Crippen LogP contribution in [-0.2, 0) is 12.6 Å². The third-order valence-corrected chi connectivity index (χ3v) is 6.88. The van der Waals surface area contributed by atoms with Crippen LogP contribution < -0.4 is 10.3 Å². The number of nitrogens with zero attached hydrogens (tertiary/aromatic N) is 1. The van der Waals surface area contributed by atoms with E-state index in [1.54, 1.807) is 23.0 Å². The second-order valence-electron chi connectivity index (χ2n) is 8.19. The van der Waals surface area contributed by atoms with Gasteiger partial charge in [-0.3, -0.25) is 4.79 Å². The molecule has 0 atom stereocenters. The van der Waals surface area contributed by atoms with Crippen LogP contribution in [-0.4, -0.2) is 9.67 Å². The van der Waals surface area contributed by atoms with Crippen LogP contribution in [0.5, 0.6) is 11.5 Å². The molecule has 1 fully saturated rings. The molecule has 0 radical (unpaired) electrons. The lowest BCUT2D eigenvalue weighted by Crippen LogP contribution is -2.15. The molecule has 4 aromatic rings. The molecule has 2 aromatic heterocycles. The zero-order chi connectivity index (χ0) is 21.0. The predicted octanol–water partition coefficient (Wildman–Crippen LogP) is 5.66. The first-order valence-corrected chi connectivity index (χ1v) is 10.9. The number of aryl methyl sites for hydroxylation is 3. The van der Waals surface area contributed by atoms with Gasteiger partial charge in [0.2, 0.25) is 0 Å². The molecule has 30 heavy (non-hydrogen) atoms. The Morgan fingerprint density at radius 2 is 1.80 bits per heavy atom. The summed E-state index contributed by atoms with van der Waals surface area (Å²) in [6, 6.07) is 13.9. The second-order valence-corrected chi connectivity index (χ2v) is 9.10. The lowest BCUT2D eigenvalue weighted by Gasteiger charge is -2.18. The highest BCUT2D eigenvalue weighted by Gasteiger charge is 2.42. The molecule has 152 valence electrons. The Morgan fingerprint density at radius 1 is 1.07 bits per heavy atom. The van der Waals surface area contributed by atoms with Gasteiger partial charge in [-0.15, -0.1) is 11.3 Å². The molecule has 1 saturated carbocycles. The molecule has 4 nitrogen and oxygen atoms in total. The largest absolute Gasteiger partial charge is 0.456 e. The Hall–Kier alpha value is -2.89. The molecule has 2 heterocycles. The number of rotatable bonds is 4. The maximum atomic E-state index is 12.6. The number of hydrogen-bond acceptors (Lipinski definition) is 4. The minimum atomic E-state index is -0.749. The molecule has 0 amide bonds. The zero-order valence-corrected chi connectivity index (χ0v) is 18.0. The van der Waals surface area contributed by atoms with Crippen LogP contribution in [0.15, 0.2) is 58.8 Å². The summed E-state index contributed by atoms with van der Waals surface area (Å²) in [4.78, 5) is 12.6. The van der Waals surface area contributed by atoms with Gasteiger partial charge >= 0.3 is 0 Å². The van der Waals surface area contributed by atoms with Crippen LogP contribution >= 0.6 is 11.3 Å². The molecule has 0 spiro atoms. The van der Waals surface area contributed by atoms with Crippen LogP contribution in [0.1, 0.15) is 29.5 Å². The first-order chi connectivity index (χ1) is 14.4. The first-order valence-electron chi connectivity index (χ1n) is 10.1. The molecule has 5 heteroatoms. The predicted molar refractivity (Wildman–Crippen MR) is 122 cm³/mol. The Bertz CT molecular complexity index is 1320. The van der Waals surface area contributed by atoms with E-state index in [2.05, 4.69) is 0 Å². The molecule has 2 aromatic carbocycles. The van der Waals surface area contributed by atoms with Crippen molar-refractivity contribution in [3.63, 3.8) is 0 Å². The summed E-state index contributed by atoms with van der Waals surface area (Å²) >= 11 is 1.55. The van der Waals surface area contributed by atoms with Gasteiger partial charge < -0.3 is 14.4 Å². The quantitative estimate of drug-likeness (QED) is 0.466. The van der Waals surface area contributed by atoms with E-state index >= 15 is 0 Å². The lowest BCUT2D eigenvalue weighted by atomic mass is 9.98. The van der Waals surface area contributed by atoms with E-state index < -0.39 is 5.60 Å². The first kappa shape index (κ1) is 19.1. The minimum Gasteiger partial charge on any atom is -0.456 e. The second kappa shape index (κ2) is 6.83. The van der Waals surface area contributed by atoms with Crippen LogP contribution in [0.3, 0.4) is 0 Å². The summed E-state index contributed by atoms with van der Waals surface area (Å²) in [5.74, 6) is 1.55. The van der Waals surface area contributed by atoms with E-state index in [4.69, 9.17) is 4.74 Å². The molecule has 1 aliphatic carbocycles. The van der Waals surface area contributed by atoms with Crippen LogP contribution in [0.25, 0.3) is 21.2 Å². The van der Waals surface area contributed by atoms with Gasteiger partial charge in [-0.25, -0.2) is 0 Å². The van der Waals surface area contributed by atoms with Gasteiger partial charge in [0.15, 0.2) is 0 Å². The van der Waals surface area contributed by atoms with Crippen molar-refractivity contribution in [1.82, 2.24) is 4.57 Å². The number of pyridine rings is 1. The average molecular weight is 418 g/mol. The maximum absolute atomic E-state index is 12.6. The van der Waals surface area contributed by atoms with Gasteiger partial charge in [0.25, 0.3) is 5.56 Å².